The monoisotopic (exact) mass is 177 g/mol. The Balaban J connectivity index is 3.25. The van der Waals surface area contributed by atoms with Gasteiger partial charge in [0.1, 0.15) is 0 Å². The van der Waals surface area contributed by atoms with Crippen molar-refractivity contribution in [1.82, 2.24) is 5.32 Å². The van der Waals surface area contributed by atoms with Crippen molar-refractivity contribution in [3.05, 3.63) is 0 Å². The summed E-state index contributed by atoms with van der Waals surface area (Å²) in [5, 5.41) is 19.5. The number of carbonyl (C=O) groups is 1. The molecule has 0 rings (SSSR count). The number of aliphatic hydroxyl groups is 2. The maximum atomic E-state index is 10.2. The van der Waals surface area contributed by atoms with E-state index in [0.29, 0.717) is 19.4 Å². The summed E-state index contributed by atoms with van der Waals surface area (Å²) in [5.74, 6) is 0. The first-order chi connectivity index (χ1) is 5.54. The summed E-state index contributed by atoms with van der Waals surface area (Å²) in [7, 11) is 0. The van der Waals surface area contributed by atoms with E-state index >= 15 is 0 Å². The van der Waals surface area contributed by atoms with Crippen LogP contribution in [0.3, 0.4) is 0 Å². The first-order valence-electron chi connectivity index (χ1n) is 3.69. The number of hydrogen-bond acceptors (Lipinski definition) is 4. The van der Waals surface area contributed by atoms with Crippen molar-refractivity contribution in [3.8, 4) is 0 Å². The molecule has 6 nitrogen and oxygen atoms in total. The Hall–Kier alpha value is -0.850. The maximum absolute atomic E-state index is 10.2. The largest absolute Gasteiger partial charge is 0.367 e. The van der Waals surface area contributed by atoms with E-state index in [0.717, 1.165) is 0 Å². The summed E-state index contributed by atoms with van der Waals surface area (Å²) in [6, 6.07) is -1.26. The van der Waals surface area contributed by atoms with Crippen molar-refractivity contribution < 1.29 is 15.0 Å². The van der Waals surface area contributed by atoms with E-state index in [1.807, 2.05) is 0 Å². The molecule has 7 N–H and O–H groups in total. The third kappa shape index (κ3) is 5.90. The van der Waals surface area contributed by atoms with E-state index in [1.54, 1.807) is 0 Å². The van der Waals surface area contributed by atoms with E-state index in [-0.39, 0.29) is 0 Å². The molecule has 1 unspecified atom stereocenters. The Labute approximate surface area is 70.5 Å². The first kappa shape index (κ1) is 11.2. The average molecular weight is 177 g/mol. The zero-order valence-electron chi connectivity index (χ0n) is 6.73. The molecule has 6 heteroatoms. The van der Waals surface area contributed by atoms with E-state index in [1.165, 1.54) is 0 Å². The van der Waals surface area contributed by atoms with Crippen LogP contribution in [0.2, 0.25) is 0 Å². The van der Waals surface area contributed by atoms with Gasteiger partial charge in [0.25, 0.3) is 0 Å². The minimum absolute atomic E-state index is 0.399. The fourth-order valence-electron chi connectivity index (χ4n) is 0.698. The van der Waals surface area contributed by atoms with Crippen molar-refractivity contribution in [2.24, 2.45) is 11.5 Å². The zero-order chi connectivity index (χ0) is 9.56. The number of urea groups is 1. The topological polar surface area (TPSA) is 122 Å². The number of primary amides is 1. The summed E-state index contributed by atoms with van der Waals surface area (Å²) in [6.07, 6.45) is -0.502. The van der Waals surface area contributed by atoms with Crippen LogP contribution in [0.15, 0.2) is 0 Å². The number of nitrogens with one attached hydrogen (secondary N) is 1. The molecule has 0 aromatic carbocycles. The second-order valence-corrected chi connectivity index (χ2v) is 2.51. The van der Waals surface area contributed by atoms with Gasteiger partial charge in [-0.3, -0.25) is 0 Å². The summed E-state index contributed by atoms with van der Waals surface area (Å²) < 4.78 is 0. The van der Waals surface area contributed by atoms with Crippen molar-refractivity contribution >= 4 is 6.03 Å². The minimum Gasteiger partial charge on any atom is -0.367 e. The number of amides is 2. The van der Waals surface area contributed by atoms with Crippen molar-refractivity contribution in [3.63, 3.8) is 0 Å². The molecule has 0 spiro atoms. The van der Waals surface area contributed by atoms with Gasteiger partial charge in [-0.25, -0.2) is 4.79 Å². The van der Waals surface area contributed by atoms with Crippen molar-refractivity contribution in [1.29, 1.82) is 0 Å². The van der Waals surface area contributed by atoms with Crippen LogP contribution < -0.4 is 16.8 Å². The highest BCUT2D eigenvalue weighted by Crippen LogP contribution is 1.96. The SMILES string of the molecule is NC(=O)NCCCC(N)C(O)O. The van der Waals surface area contributed by atoms with Crippen LogP contribution in [0.5, 0.6) is 0 Å². The Morgan fingerprint density at radius 1 is 1.50 bits per heavy atom. The fraction of sp³-hybridized carbons (Fsp3) is 0.833. The fourth-order valence-corrected chi connectivity index (χ4v) is 0.698. The van der Waals surface area contributed by atoms with E-state index in [9.17, 15) is 4.79 Å². The van der Waals surface area contributed by atoms with Gasteiger partial charge in [-0.1, -0.05) is 0 Å². The predicted molar refractivity (Wildman–Crippen MR) is 43.0 cm³/mol. The van der Waals surface area contributed by atoms with Crippen LogP contribution in [-0.4, -0.2) is 35.1 Å². The molecule has 0 aromatic heterocycles. The van der Waals surface area contributed by atoms with E-state index in [2.05, 4.69) is 5.32 Å². The third-order valence-electron chi connectivity index (χ3n) is 1.40. The highest BCUT2D eigenvalue weighted by Gasteiger charge is 2.09. The second kappa shape index (κ2) is 5.76. The van der Waals surface area contributed by atoms with Gasteiger partial charge in [0.15, 0.2) is 6.29 Å². The highest BCUT2D eigenvalue weighted by atomic mass is 16.5. The molecule has 2 amide bonds. The third-order valence-corrected chi connectivity index (χ3v) is 1.40. The van der Waals surface area contributed by atoms with Gasteiger partial charge in [0.05, 0.1) is 6.04 Å². The molecular weight excluding hydrogens is 162 g/mol. The summed E-state index contributed by atoms with van der Waals surface area (Å²) >= 11 is 0. The molecule has 0 fully saturated rings. The van der Waals surface area contributed by atoms with Crippen LogP contribution in [0.1, 0.15) is 12.8 Å². The molecule has 12 heavy (non-hydrogen) atoms. The van der Waals surface area contributed by atoms with Crippen molar-refractivity contribution in [2.45, 2.75) is 25.2 Å². The number of nitrogens with two attached hydrogens (primary N) is 2. The van der Waals surface area contributed by atoms with Crippen LogP contribution in [-0.2, 0) is 0 Å². The van der Waals surface area contributed by atoms with Gasteiger partial charge >= 0.3 is 6.03 Å². The first-order valence-corrected chi connectivity index (χ1v) is 3.69. The predicted octanol–water partition coefficient (Wildman–Crippen LogP) is -1.93. The quantitative estimate of drug-likeness (QED) is 0.248. The molecule has 0 saturated heterocycles. The molecule has 0 aliphatic rings. The Morgan fingerprint density at radius 3 is 2.50 bits per heavy atom. The molecule has 0 bridgehead atoms. The smallest absolute Gasteiger partial charge is 0.312 e. The van der Waals surface area contributed by atoms with Gasteiger partial charge in [-0.2, -0.15) is 0 Å². The molecule has 0 aliphatic heterocycles. The lowest BCUT2D eigenvalue weighted by Gasteiger charge is -2.12. The summed E-state index contributed by atoms with van der Waals surface area (Å²) in [5.41, 5.74) is 10.1. The molecule has 0 radical (unpaired) electrons. The summed E-state index contributed by atoms with van der Waals surface area (Å²) in [4.78, 5) is 10.2. The Kier molecular flexibility index (Phi) is 5.35. The molecular formula is C6H15N3O3. The molecule has 0 heterocycles. The zero-order valence-corrected chi connectivity index (χ0v) is 6.73. The highest BCUT2D eigenvalue weighted by molar-refractivity contribution is 5.71. The van der Waals surface area contributed by atoms with Gasteiger partial charge in [0, 0.05) is 6.54 Å². The van der Waals surface area contributed by atoms with Gasteiger partial charge in [-0.15, -0.1) is 0 Å². The standard InChI is InChI=1S/C6H15N3O3/c7-4(5(10)11)2-1-3-9-6(8)12/h4-5,10-11H,1-3,7H2,(H3,8,9,12). The minimum atomic E-state index is -1.50. The van der Waals surface area contributed by atoms with E-state index in [4.69, 9.17) is 21.7 Å². The van der Waals surface area contributed by atoms with Gasteiger partial charge in [-0.05, 0) is 12.8 Å². The lowest BCUT2D eigenvalue weighted by molar-refractivity contribution is -0.0597. The second-order valence-electron chi connectivity index (χ2n) is 2.51. The number of hydrogen-bond donors (Lipinski definition) is 5. The van der Waals surface area contributed by atoms with Crippen LogP contribution >= 0.6 is 0 Å². The lowest BCUT2D eigenvalue weighted by atomic mass is 10.1. The molecule has 72 valence electrons. The molecule has 1 atom stereocenters. The molecule has 0 aliphatic carbocycles. The Morgan fingerprint density at radius 2 is 2.08 bits per heavy atom. The van der Waals surface area contributed by atoms with Crippen molar-refractivity contribution in [2.75, 3.05) is 6.54 Å². The number of carbonyl (C=O) groups excluding carboxylic acids is 1. The van der Waals surface area contributed by atoms with Crippen LogP contribution in [0, 0.1) is 0 Å². The van der Waals surface area contributed by atoms with Gasteiger partial charge in [0.2, 0.25) is 0 Å². The maximum Gasteiger partial charge on any atom is 0.312 e. The summed E-state index contributed by atoms with van der Waals surface area (Å²) in [6.45, 7) is 0.399. The molecule has 0 aromatic rings. The van der Waals surface area contributed by atoms with Crippen LogP contribution in [0.25, 0.3) is 0 Å². The van der Waals surface area contributed by atoms with Gasteiger partial charge < -0.3 is 27.0 Å². The Bertz CT molecular complexity index is 140. The lowest BCUT2D eigenvalue weighted by Crippen LogP contribution is -2.36. The molecule has 0 saturated carbocycles. The normalized spacial score (nSPS) is 13.0. The van der Waals surface area contributed by atoms with E-state index < -0.39 is 18.4 Å². The number of rotatable bonds is 5. The average Bonchev–Trinajstić information content (AvgIpc) is 1.97. The van der Waals surface area contributed by atoms with Crippen LogP contribution in [0.4, 0.5) is 4.79 Å². The number of aliphatic hydroxyl groups excluding tert-OH is 1.